The molecule has 5 rings (SSSR count). The number of thiophene rings is 2. The van der Waals surface area contributed by atoms with Gasteiger partial charge < -0.3 is 11.1 Å². The van der Waals surface area contributed by atoms with E-state index in [0.717, 1.165) is 51.2 Å². The van der Waals surface area contributed by atoms with Crippen LogP contribution in [0.25, 0.3) is 21.5 Å². The highest BCUT2D eigenvalue weighted by atomic mass is 32.1. The van der Waals surface area contributed by atoms with Gasteiger partial charge in [-0.15, -0.1) is 22.7 Å². The fraction of sp³-hybridized carbons (Fsp3) is 0.296. The van der Waals surface area contributed by atoms with Gasteiger partial charge in [0.05, 0.1) is 27.2 Å². The number of para-hydroxylation sites is 1. The molecule has 0 aliphatic heterocycles. The number of carbonyl (C=O) groups is 2. The van der Waals surface area contributed by atoms with E-state index >= 15 is 0 Å². The van der Waals surface area contributed by atoms with Crippen molar-refractivity contribution in [3.8, 4) is 10.6 Å². The summed E-state index contributed by atoms with van der Waals surface area (Å²) in [4.78, 5) is 32.9. The second-order valence-corrected chi connectivity index (χ2v) is 11.9. The Hall–Kier alpha value is -3.03. The maximum absolute atomic E-state index is 13.6. The zero-order valence-electron chi connectivity index (χ0n) is 19.5. The molecule has 2 amide bonds. The number of nitrogens with zero attached hydrogens (tertiary/aromatic N) is 1. The van der Waals surface area contributed by atoms with Crippen molar-refractivity contribution in [2.75, 3.05) is 5.32 Å². The maximum Gasteiger partial charge on any atom is 0.257 e. The Labute approximate surface area is 207 Å². The molecule has 1 atom stereocenters. The van der Waals surface area contributed by atoms with E-state index in [0.29, 0.717) is 22.0 Å². The lowest BCUT2D eigenvalue weighted by Gasteiger charge is -2.33. The first-order valence-corrected chi connectivity index (χ1v) is 13.1. The molecule has 4 aromatic rings. The molecule has 3 aromatic heterocycles. The van der Waals surface area contributed by atoms with Crippen LogP contribution in [0, 0.1) is 11.3 Å². The standard InChI is InChI=1S/C27H27N3O2S2/c1-27(2,3)15-10-11-17-22(13-15)34-26(23(17)24(28)31)30-25(32)18-14-20(21-9-6-12-33-21)29-19-8-5-4-7-16(18)19/h4-9,12,14-15H,10-11,13H2,1-3H3,(H2,28,31)(H,30,32). The summed E-state index contributed by atoms with van der Waals surface area (Å²) in [6, 6.07) is 13.4. The second kappa shape index (κ2) is 8.64. The first kappa shape index (κ1) is 22.7. The van der Waals surface area contributed by atoms with Crippen LogP contribution in [0.15, 0.2) is 47.8 Å². The van der Waals surface area contributed by atoms with Gasteiger partial charge in [0, 0.05) is 10.3 Å². The van der Waals surface area contributed by atoms with Crippen LogP contribution in [0.3, 0.4) is 0 Å². The third kappa shape index (κ3) is 4.14. The third-order valence-corrected chi connectivity index (χ3v) is 8.76. The first-order valence-electron chi connectivity index (χ1n) is 11.4. The van der Waals surface area contributed by atoms with Crippen molar-refractivity contribution in [3.63, 3.8) is 0 Å². The average molecular weight is 490 g/mol. The largest absolute Gasteiger partial charge is 0.365 e. The van der Waals surface area contributed by atoms with E-state index in [2.05, 4.69) is 26.1 Å². The molecule has 0 saturated carbocycles. The van der Waals surface area contributed by atoms with Crippen molar-refractivity contribution >= 4 is 50.4 Å². The lowest BCUT2D eigenvalue weighted by atomic mass is 9.72. The van der Waals surface area contributed by atoms with E-state index in [1.165, 1.54) is 11.3 Å². The molecule has 0 spiro atoms. The van der Waals surface area contributed by atoms with Gasteiger partial charge in [-0.05, 0) is 59.7 Å². The predicted octanol–water partition coefficient (Wildman–Crippen LogP) is 6.53. The summed E-state index contributed by atoms with van der Waals surface area (Å²) in [5.74, 6) is -0.217. The molecule has 1 unspecified atom stereocenters. The minimum Gasteiger partial charge on any atom is -0.365 e. The molecule has 0 fully saturated rings. The number of pyridine rings is 1. The van der Waals surface area contributed by atoms with Gasteiger partial charge in [0.25, 0.3) is 11.8 Å². The molecular formula is C27H27N3O2S2. The van der Waals surface area contributed by atoms with Crippen LogP contribution in [-0.2, 0) is 12.8 Å². The summed E-state index contributed by atoms with van der Waals surface area (Å²) in [6.07, 6.45) is 2.73. The summed E-state index contributed by atoms with van der Waals surface area (Å²) in [7, 11) is 0. The Balaban J connectivity index is 1.54. The fourth-order valence-electron chi connectivity index (χ4n) is 4.76. The third-order valence-electron chi connectivity index (χ3n) is 6.70. The number of aromatic nitrogens is 1. The van der Waals surface area contributed by atoms with Gasteiger partial charge >= 0.3 is 0 Å². The van der Waals surface area contributed by atoms with E-state index in [1.54, 1.807) is 11.3 Å². The van der Waals surface area contributed by atoms with Crippen molar-refractivity contribution in [1.82, 2.24) is 4.98 Å². The fourth-order valence-corrected chi connectivity index (χ4v) is 6.77. The molecule has 34 heavy (non-hydrogen) atoms. The van der Waals surface area contributed by atoms with Crippen molar-refractivity contribution < 1.29 is 9.59 Å². The van der Waals surface area contributed by atoms with Gasteiger partial charge in [-0.1, -0.05) is 45.0 Å². The molecule has 3 N–H and O–H groups in total. The minimum absolute atomic E-state index is 0.187. The smallest absolute Gasteiger partial charge is 0.257 e. The van der Waals surface area contributed by atoms with Crippen LogP contribution in [0.2, 0.25) is 0 Å². The average Bonchev–Trinajstić information content (AvgIpc) is 3.45. The number of hydrogen-bond acceptors (Lipinski definition) is 5. The summed E-state index contributed by atoms with van der Waals surface area (Å²) in [6.45, 7) is 6.77. The van der Waals surface area contributed by atoms with Gasteiger partial charge in [-0.2, -0.15) is 0 Å². The summed E-state index contributed by atoms with van der Waals surface area (Å²) >= 11 is 3.08. The van der Waals surface area contributed by atoms with Gasteiger partial charge in [-0.25, -0.2) is 4.98 Å². The van der Waals surface area contributed by atoms with Gasteiger partial charge in [0.15, 0.2) is 0 Å². The summed E-state index contributed by atoms with van der Waals surface area (Å²) in [5.41, 5.74) is 9.51. The highest BCUT2D eigenvalue weighted by Crippen LogP contribution is 2.44. The SMILES string of the molecule is CC(C)(C)C1CCc2c(sc(NC(=O)c3cc(-c4cccs4)nc4ccccc34)c2C(N)=O)C1. The number of anilines is 1. The summed E-state index contributed by atoms with van der Waals surface area (Å²) < 4.78 is 0. The Bertz CT molecular complexity index is 1400. The van der Waals surface area contributed by atoms with E-state index in [-0.39, 0.29) is 11.3 Å². The number of nitrogens with one attached hydrogen (secondary N) is 1. The van der Waals surface area contributed by atoms with Crippen LogP contribution >= 0.6 is 22.7 Å². The summed E-state index contributed by atoms with van der Waals surface area (Å²) in [5, 5.41) is 6.35. The molecule has 5 nitrogen and oxygen atoms in total. The van der Waals surface area contributed by atoms with Crippen molar-refractivity contribution in [1.29, 1.82) is 0 Å². The molecule has 7 heteroatoms. The van der Waals surface area contributed by atoms with Gasteiger partial charge in [0.2, 0.25) is 0 Å². The zero-order chi connectivity index (χ0) is 24.0. The zero-order valence-corrected chi connectivity index (χ0v) is 21.1. The molecule has 1 aromatic carbocycles. The van der Waals surface area contributed by atoms with Crippen molar-refractivity contribution in [2.45, 2.75) is 40.0 Å². The number of amides is 2. The first-order chi connectivity index (χ1) is 16.2. The van der Waals surface area contributed by atoms with Crippen molar-refractivity contribution in [2.24, 2.45) is 17.1 Å². The van der Waals surface area contributed by atoms with E-state index in [1.807, 2.05) is 47.8 Å². The number of benzene rings is 1. The lowest BCUT2D eigenvalue weighted by Crippen LogP contribution is -2.27. The van der Waals surface area contributed by atoms with E-state index in [9.17, 15) is 9.59 Å². The van der Waals surface area contributed by atoms with Crippen LogP contribution in [0.4, 0.5) is 5.00 Å². The number of nitrogens with two attached hydrogens (primary N) is 1. The number of primary amides is 1. The number of rotatable bonds is 4. The molecule has 174 valence electrons. The van der Waals surface area contributed by atoms with E-state index < -0.39 is 5.91 Å². The predicted molar refractivity (Wildman–Crippen MR) is 141 cm³/mol. The Morgan fingerprint density at radius 1 is 1.15 bits per heavy atom. The molecule has 0 radical (unpaired) electrons. The topological polar surface area (TPSA) is 85.1 Å². The molecule has 0 bridgehead atoms. The molecular weight excluding hydrogens is 462 g/mol. The normalized spacial score (nSPS) is 15.8. The van der Waals surface area contributed by atoms with Crippen LogP contribution < -0.4 is 11.1 Å². The number of fused-ring (bicyclic) bond motifs is 2. The minimum atomic E-state index is -0.485. The Morgan fingerprint density at radius 3 is 2.65 bits per heavy atom. The Kier molecular flexibility index (Phi) is 5.78. The highest BCUT2D eigenvalue weighted by molar-refractivity contribution is 7.17. The van der Waals surface area contributed by atoms with Crippen LogP contribution in [0.1, 0.15) is 58.3 Å². The van der Waals surface area contributed by atoms with E-state index in [4.69, 9.17) is 10.7 Å². The number of carbonyl (C=O) groups excluding carboxylic acids is 2. The molecule has 3 heterocycles. The molecule has 0 saturated heterocycles. The monoisotopic (exact) mass is 489 g/mol. The van der Waals surface area contributed by atoms with Crippen molar-refractivity contribution in [3.05, 3.63) is 69.4 Å². The maximum atomic E-state index is 13.6. The quantitative estimate of drug-likeness (QED) is 0.342. The number of hydrogen-bond donors (Lipinski definition) is 2. The lowest BCUT2D eigenvalue weighted by molar-refractivity contribution is 0.1000. The van der Waals surface area contributed by atoms with Gasteiger partial charge in [0.1, 0.15) is 5.00 Å². The van der Waals surface area contributed by atoms with Gasteiger partial charge in [-0.3, -0.25) is 9.59 Å². The molecule has 1 aliphatic rings. The Morgan fingerprint density at radius 2 is 1.94 bits per heavy atom. The molecule has 1 aliphatic carbocycles. The van der Waals surface area contributed by atoms with Crippen LogP contribution in [-0.4, -0.2) is 16.8 Å². The highest BCUT2D eigenvalue weighted by Gasteiger charge is 2.33. The van der Waals surface area contributed by atoms with Crippen LogP contribution in [0.5, 0.6) is 0 Å². The second-order valence-electron chi connectivity index (χ2n) is 9.88.